The number of carbonyl (C=O) groups is 3. The minimum atomic E-state index is -0.558. The summed E-state index contributed by atoms with van der Waals surface area (Å²) in [5, 5.41) is 3.59. The first-order valence-electron chi connectivity index (χ1n) is 12.6. The van der Waals surface area contributed by atoms with Crippen LogP contribution in [0.5, 0.6) is 6.01 Å². The van der Waals surface area contributed by atoms with Gasteiger partial charge in [-0.2, -0.15) is 0 Å². The Hall–Kier alpha value is -4.12. The van der Waals surface area contributed by atoms with Crippen LogP contribution in [0.2, 0.25) is 0 Å². The molecular weight excluding hydrogens is 564 g/mol. The van der Waals surface area contributed by atoms with Crippen LogP contribution < -0.4 is 10.1 Å². The Balaban J connectivity index is 1.26. The number of methoxy groups -OCH3 is 1. The highest BCUT2D eigenvalue weighted by atomic mass is 79.9. The average molecular weight is 589 g/mol. The van der Waals surface area contributed by atoms with Crippen LogP contribution in [0.25, 0.3) is 22.0 Å². The van der Waals surface area contributed by atoms with E-state index in [2.05, 4.69) is 36.2 Å². The van der Waals surface area contributed by atoms with E-state index in [1.807, 2.05) is 18.2 Å². The van der Waals surface area contributed by atoms with E-state index in [0.717, 1.165) is 28.5 Å². The number of likely N-dealkylation sites (tertiary alicyclic amines) is 1. The average Bonchev–Trinajstić information content (AvgIpc) is 3.43. The Bertz CT molecular complexity index is 1620. The first-order chi connectivity index (χ1) is 18.8. The number of nitrogens with zero attached hydrogens (tertiary/aromatic N) is 5. The molecule has 3 unspecified atom stereocenters. The predicted octanol–water partition coefficient (Wildman–Crippen LogP) is 4.10. The van der Waals surface area contributed by atoms with E-state index in [1.54, 1.807) is 46.3 Å². The number of amides is 2. The quantitative estimate of drug-likeness (QED) is 0.255. The Morgan fingerprint density at radius 2 is 1.90 bits per heavy atom. The van der Waals surface area contributed by atoms with Crippen LogP contribution in [0, 0.1) is 5.92 Å². The Kier molecular flexibility index (Phi) is 6.38. The van der Waals surface area contributed by atoms with E-state index in [0.29, 0.717) is 28.3 Å². The number of hydrogen-bond acceptors (Lipinski definition) is 7. The van der Waals surface area contributed by atoms with Crippen molar-refractivity contribution in [1.82, 2.24) is 24.4 Å². The number of fused-ring (bicyclic) bond motifs is 2. The summed E-state index contributed by atoms with van der Waals surface area (Å²) in [6.07, 6.45) is 6.59. The van der Waals surface area contributed by atoms with Crippen molar-refractivity contribution in [1.29, 1.82) is 0 Å². The molecule has 2 amide bonds. The zero-order valence-electron chi connectivity index (χ0n) is 21.3. The zero-order valence-corrected chi connectivity index (χ0v) is 22.9. The van der Waals surface area contributed by atoms with Crippen LogP contribution in [0.3, 0.4) is 0 Å². The number of ether oxygens (including phenoxy) is 1. The summed E-state index contributed by atoms with van der Waals surface area (Å²) in [6, 6.07) is 10.8. The molecule has 0 radical (unpaired) electrons. The summed E-state index contributed by atoms with van der Waals surface area (Å²) in [5.41, 5.74) is 2.91. The van der Waals surface area contributed by atoms with Crippen LogP contribution in [-0.4, -0.2) is 61.2 Å². The Morgan fingerprint density at radius 3 is 2.62 bits per heavy atom. The topological polar surface area (TPSA) is 119 Å². The first kappa shape index (κ1) is 25.2. The number of anilines is 1. The normalized spacial score (nSPS) is 19.6. The van der Waals surface area contributed by atoms with Gasteiger partial charge < -0.3 is 19.5 Å². The number of hydrogen-bond donors (Lipinski definition) is 1. The number of carbonyl (C=O) groups excluding carboxylic acids is 3. The Labute approximate surface area is 232 Å². The van der Waals surface area contributed by atoms with Gasteiger partial charge in [-0.05, 0) is 71.4 Å². The van der Waals surface area contributed by atoms with Crippen LogP contribution in [0.4, 0.5) is 5.82 Å². The highest BCUT2D eigenvalue weighted by Crippen LogP contribution is 2.48. The molecule has 39 heavy (non-hydrogen) atoms. The second kappa shape index (κ2) is 9.88. The lowest BCUT2D eigenvalue weighted by Gasteiger charge is -2.27. The van der Waals surface area contributed by atoms with E-state index in [4.69, 9.17) is 4.74 Å². The molecule has 6 rings (SSSR count). The first-order valence-corrected chi connectivity index (χ1v) is 13.4. The summed E-state index contributed by atoms with van der Waals surface area (Å²) < 4.78 is 7.45. The van der Waals surface area contributed by atoms with E-state index in [1.165, 1.54) is 14.0 Å². The van der Waals surface area contributed by atoms with Crippen molar-refractivity contribution in [3.05, 3.63) is 65.2 Å². The molecule has 1 N–H and O–H groups in total. The van der Waals surface area contributed by atoms with Gasteiger partial charge in [0.2, 0.25) is 11.8 Å². The molecule has 0 bridgehead atoms. The van der Waals surface area contributed by atoms with Crippen LogP contribution >= 0.6 is 15.9 Å². The zero-order chi connectivity index (χ0) is 27.3. The molecule has 11 heteroatoms. The number of piperidine rings is 1. The fourth-order valence-corrected chi connectivity index (χ4v) is 5.77. The summed E-state index contributed by atoms with van der Waals surface area (Å²) in [5.74, 6) is 0.277. The third kappa shape index (κ3) is 4.78. The van der Waals surface area contributed by atoms with Crippen molar-refractivity contribution < 1.29 is 19.1 Å². The SMILES string of the molecule is COc1ncc(-c2ccc3c(c2)c(C(C)=O)cn3CC(=O)N2C(C(=O)Nc3cccc(Br)n3)CC3CC32)cn1. The van der Waals surface area contributed by atoms with Gasteiger partial charge in [-0.1, -0.05) is 12.1 Å². The molecular formula is C28H25BrN6O4. The molecule has 1 aliphatic heterocycles. The largest absolute Gasteiger partial charge is 0.467 e. The van der Waals surface area contributed by atoms with E-state index in [-0.39, 0.29) is 36.2 Å². The van der Waals surface area contributed by atoms with Crippen molar-refractivity contribution in [2.45, 2.75) is 38.4 Å². The third-order valence-corrected chi connectivity index (χ3v) is 7.81. The maximum absolute atomic E-state index is 13.6. The number of pyridine rings is 1. The molecule has 10 nitrogen and oxygen atoms in total. The highest BCUT2D eigenvalue weighted by molar-refractivity contribution is 9.10. The third-order valence-electron chi connectivity index (χ3n) is 7.37. The van der Waals surface area contributed by atoms with Gasteiger partial charge in [0.05, 0.1) is 7.11 Å². The number of rotatable bonds is 7. The predicted molar refractivity (Wildman–Crippen MR) is 147 cm³/mol. The van der Waals surface area contributed by atoms with Crippen LogP contribution in [-0.2, 0) is 16.1 Å². The molecule has 3 atom stereocenters. The fourth-order valence-electron chi connectivity index (χ4n) is 5.42. The van der Waals surface area contributed by atoms with Crippen molar-refractivity contribution in [2.75, 3.05) is 12.4 Å². The molecule has 4 aromatic rings. The van der Waals surface area contributed by atoms with E-state index >= 15 is 0 Å². The maximum Gasteiger partial charge on any atom is 0.316 e. The van der Waals surface area contributed by atoms with Gasteiger partial charge in [-0.15, -0.1) is 0 Å². The number of ketones is 1. The molecule has 1 saturated carbocycles. The molecule has 1 aliphatic carbocycles. The second-order valence-corrected chi connectivity index (χ2v) is 10.7. The Morgan fingerprint density at radius 1 is 1.10 bits per heavy atom. The minimum Gasteiger partial charge on any atom is -0.467 e. The van der Waals surface area contributed by atoms with Crippen LogP contribution in [0.1, 0.15) is 30.1 Å². The van der Waals surface area contributed by atoms with Gasteiger partial charge in [0.25, 0.3) is 0 Å². The van der Waals surface area contributed by atoms with Gasteiger partial charge in [-0.25, -0.2) is 15.0 Å². The van der Waals surface area contributed by atoms with Crippen molar-refractivity contribution in [3.8, 4) is 17.1 Å². The van der Waals surface area contributed by atoms with Gasteiger partial charge in [0, 0.05) is 46.7 Å². The van der Waals surface area contributed by atoms with Gasteiger partial charge in [0.1, 0.15) is 23.0 Å². The van der Waals surface area contributed by atoms with Gasteiger partial charge in [0.15, 0.2) is 5.78 Å². The summed E-state index contributed by atoms with van der Waals surface area (Å²) in [6.45, 7) is 1.53. The number of benzene rings is 1. The number of Topliss-reactive ketones (excluding diaryl/α,β-unsaturated/α-hetero) is 1. The minimum absolute atomic E-state index is 0.0247. The molecule has 198 valence electrons. The van der Waals surface area contributed by atoms with E-state index < -0.39 is 6.04 Å². The molecule has 3 aromatic heterocycles. The number of halogens is 1. The molecule has 1 saturated heterocycles. The smallest absolute Gasteiger partial charge is 0.316 e. The number of aromatic nitrogens is 4. The highest BCUT2D eigenvalue weighted by Gasteiger charge is 2.56. The summed E-state index contributed by atoms with van der Waals surface area (Å²) in [7, 11) is 1.50. The molecule has 2 aliphatic rings. The van der Waals surface area contributed by atoms with E-state index in [9.17, 15) is 14.4 Å². The van der Waals surface area contributed by atoms with Crippen molar-refractivity contribution in [3.63, 3.8) is 0 Å². The lowest BCUT2D eigenvalue weighted by molar-refractivity contribution is -0.138. The van der Waals surface area contributed by atoms with Crippen molar-refractivity contribution in [2.24, 2.45) is 5.92 Å². The lowest BCUT2D eigenvalue weighted by atomic mass is 10.0. The van der Waals surface area contributed by atoms with Crippen LogP contribution in [0.15, 0.2) is 59.6 Å². The second-order valence-electron chi connectivity index (χ2n) is 9.87. The summed E-state index contributed by atoms with van der Waals surface area (Å²) >= 11 is 3.31. The fraction of sp³-hybridized carbons (Fsp3) is 0.286. The van der Waals surface area contributed by atoms with Gasteiger partial charge in [-0.3, -0.25) is 14.4 Å². The van der Waals surface area contributed by atoms with Crippen molar-refractivity contribution >= 4 is 50.2 Å². The number of nitrogens with one attached hydrogen (secondary N) is 1. The lowest BCUT2D eigenvalue weighted by Crippen LogP contribution is -2.46. The van der Waals surface area contributed by atoms with Gasteiger partial charge >= 0.3 is 6.01 Å². The monoisotopic (exact) mass is 588 g/mol. The maximum atomic E-state index is 13.6. The molecule has 0 spiro atoms. The molecule has 4 heterocycles. The standard InChI is InChI=1S/C28H25BrN6O4/c1-15(36)20-13-34(21-7-6-16(8-19(20)21)18-11-30-28(39-2)31-12-18)14-26(37)35-22-9-17(22)10-23(35)27(38)33-25-5-3-4-24(29)32-25/h3-8,11-13,17,22-23H,9-10,14H2,1-2H3,(H,32,33,38). The molecule has 1 aromatic carbocycles. The summed E-state index contributed by atoms with van der Waals surface area (Å²) in [4.78, 5) is 53.6. The molecule has 2 fully saturated rings.